The molecule has 13 fully saturated rings. The van der Waals surface area contributed by atoms with Gasteiger partial charge in [-0.05, 0) is 506 Å². The van der Waals surface area contributed by atoms with Crippen LogP contribution in [0.4, 0.5) is 17.6 Å². The molecule has 1 aliphatic carbocycles. The van der Waals surface area contributed by atoms with E-state index in [0.717, 1.165) is 116 Å². The lowest BCUT2D eigenvalue weighted by Crippen LogP contribution is -2.51. The lowest BCUT2D eigenvalue weighted by molar-refractivity contribution is -0.195. The maximum absolute atomic E-state index is 13.7. The van der Waals surface area contributed by atoms with Gasteiger partial charge in [0.25, 0.3) is 0 Å². The number of hydrogen-bond acceptors (Lipinski definition) is 12. The van der Waals surface area contributed by atoms with Crippen LogP contribution in [0.1, 0.15) is 499 Å². The van der Waals surface area contributed by atoms with E-state index in [-0.39, 0.29) is 18.5 Å². The Kier molecular flexibility index (Phi) is 57.6. The van der Waals surface area contributed by atoms with E-state index in [9.17, 15) is 17.6 Å². The van der Waals surface area contributed by atoms with Crippen LogP contribution in [0.25, 0.3) is 0 Å². The zero-order valence-corrected chi connectivity index (χ0v) is 101. The molecule has 16 heteroatoms. The van der Waals surface area contributed by atoms with Gasteiger partial charge < -0.3 is 0 Å². The Balaban J connectivity index is 0.000000322. The first-order valence-electron chi connectivity index (χ1n) is 59.5. The summed E-state index contributed by atoms with van der Waals surface area (Å²) in [6.07, 6.45) is 33.4. The summed E-state index contributed by atoms with van der Waals surface area (Å²) in [5.41, 5.74) is 5.72. The highest BCUT2D eigenvalue weighted by molar-refractivity contribution is 5.26. The molecule has 2 unspecified atom stereocenters. The summed E-state index contributed by atoms with van der Waals surface area (Å²) in [7, 11) is 0. The van der Waals surface area contributed by atoms with Crippen LogP contribution in [0.2, 0.25) is 0 Å². The number of nitrogens with zero attached hydrogens (tertiary/aromatic N) is 12. The van der Waals surface area contributed by atoms with Crippen molar-refractivity contribution >= 4 is 0 Å². The zero-order valence-electron chi connectivity index (χ0n) is 101. The van der Waals surface area contributed by atoms with E-state index in [1.54, 1.807) is 18.7 Å². The van der Waals surface area contributed by atoms with E-state index in [4.69, 9.17) is 0 Å². The topological polar surface area (TPSA) is 38.9 Å². The second-order valence-corrected chi connectivity index (χ2v) is 53.4. The molecule has 1 saturated carbocycles. The summed E-state index contributed by atoms with van der Waals surface area (Å²) in [6, 6.07) is 32.9. The molecular formula is C125H240F4N12. The number of halogens is 4. The van der Waals surface area contributed by atoms with Crippen molar-refractivity contribution in [3.63, 3.8) is 0 Å². The molecule has 0 radical (unpaired) electrons. The SMILES string of the molecule is CC(C)N1CCCC1(C)C.CC(C)N1CCCC1C(C)(C)C.CC(C)N1CCCC1C1CC1.CC(C)N1CCCC[C@H]1C(F)(F)F.CC(C)N1CCC[C@@H]1C.CC(C)N1CCC[C@@H]1C(C)(C)C.CC(C)N1CCC[C@H]1C.CC(C)N1CCC[C@H]1C(C)(C)C.CC(C)N1CCC[C@H]1C(C)(C)F.CC(C)N1CCC[C@H]1c1ccccc1.CCC1(CC)CCCN1C(C)C.Cc1cccc([C@@H]2CCCN2C(C)C)c1. The molecule has 0 amide bonds. The number of rotatable bonds is 18. The van der Waals surface area contributed by atoms with Gasteiger partial charge in [0.2, 0.25) is 0 Å². The Morgan fingerprint density at radius 1 is 0.291 bits per heavy atom. The Morgan fingerprint density at radius 2 is 0.596 bits per heavy atom. The molecule has 0 N–H and O–H groups in total. The van der Waals surface area contributed by atoms with Gasteiger partial charge in [-0.15, -0.1) is 0 Å². The smallest absolute Gasteiger partial charge is 0.298 e. The molecule has 2 aromatic rings. The van der Waals surface area contributed by atoms with Gasteiger partial charge >= 0.3 is 6.18 Å². The molecule has 10 atom stereocenters. The monoisotopic (exact) mass is 1990 g/mol. The molecule has 0 spiro atoms. The molecule has 0 bridgehead atoms. The second kappa shape index (κ2) is 62.0. The first-order valence-corrected chi connectivity index (χ1v) is 59.5. The Labute approximate surface area is 875 Å². The van der Waals surface area contributed by atoms with E-state index in [1.807, 2.05) is 13.8 Å². The minimum Gasteiger partial charge on any atom is -0.298 e. The van der Waals surface area contributed by atoms with Gasteiger partial charge in [0.05, 0.1) is 0 Å². The molecule has 12 nitrogen and oxygen atoms in total. The third-order valence-electron chi connectivity index (χ3n) is 34.6. The van der Waals surface area contributed by atoms with Gasteiger partial charge in [0.15, 0.2) is 0 Å². The fourth-order valence-electron chi connectivity index (χ4n) is 26.9. The number of alkyl halides is 4. The van der Waals surface area contributed by atoms with E-state index >= 15 is 0 Å². The highest BCUT2D eigenvalue weighted by Gasteiger charge is 2.47. The highest BCUT2D eigenvalue weighted by Crippen LogP contribution is 2.44. The van der Waals surface area contributed by atoms with Crippen molar-refractivity contribution in [3.05, 3.63) is 71.3 Å². The second-order valence-electron chi connectivity index (χ2n) is 53.4. The fourth-order valence-corrected chi connectivity index (χ4v) is 26.9. The van der Waals surface area contributed by atoms with Crippen LogP contribution in [0, 0.1) is 29.1 Å². The fraction of sp³-hybridized carbons (Fsp3) is 0.904. The van der Waals surface area contributed by atoms with Gasteiger partial charge in [-0.25, -0.2) is 4.39 Å². The van der Waals surface area contributed by atoms with Crippen molar-refractivity contribution in [3.8, 4) is 0 Å². The molecule has 12 heterocycles. The summed E-state index contributed by atoms with van der Waals surface area (Å²) < 4.78 is 51.2. The first kappa shape index (κ1) is 131. The largest absolute Gasteiger partial charge is 0.404 e. The van der Waals surface area contributed by atoms with Crippen LogP contribution in [0.5, 0.6) is 0 Å². The minimum absolute atomic E-state index is 0.00748. The lowest BCUT2D eigenvalue weighted by Gasteiger charge is -2.40. The number of benzene rings is 2. The maximum atomic E-state index is 13.7. The summed E-state index contributed by atoms with van der Waals surface area (Å²) in [5.74, 6) is 1.08. The molecule has 828 valence electrons. The number of aryl methyl sites for hydroxylation is 1. The first-order chi connectivity index (χ1) is 65.5. The van der Waals surface area contributed by atoms with Crippen molar-refractivity contribution < 1.29 is 17.6 Å². The molecular weight excluding hydrogens is 1750 g/mol. The van der Waals surface area contributed by atoms with Gasteiger partial charge in [-0.1, -0.05) is 143 Å². The molecule has 15 rings (SSSR count). The zero-order chi connectivity index (χ0) is 107. The van der Waals surface area contributed by atoms with Crippen molar-refractivity contribution in [2.75, 3.05) is 78.5 Å². The van der Waals surface area contributed by atoms with Crippen molar-refractivity contribution in [2.45, 2.75) is 633 Å². The molecule has 0 aromatic heterocycles. The third kappa shape index (κ3) is 43.4. The van der Waals surface area contributed by atoms with Gasteiger partial charge in [-0.2, -0.15) is 13.2 Å². The van der Waals surface area contributed by atoms with E-state index in [0.29, 0.717) is 70.5 Å². The molecule has 13 aliphatic rings. The predicted octanol–water partition coefficient (Wildman–Crippen LogP) is 32.3. The van der Waals surface area contributed by atoms with E-state index in [2.05, 4.69) is 372 Å². The van der Waals surface area contributed by atoms with Crippen LogP contribution < -0.4 is 0 Å². The molecule has 12 saturated heterocycles. The van der Waals surface area contributed by atoms with Crippen LogP contribution in [0.3, 0.4) is 0 Å². The normalized spacial score (nSPS) is 26.7. The standard InChI is InChI=1S/C14H21N.C13H19N.4C11H23N.C10H20FN.C10H19N.C9H16F3N.C9H19N.2C8H17N/c1-11(2)15-9-5-8-14(15)13-7-4-6-12(3)10-13;1-11(2)14-10-6-9-13(14)12-7-4-3-5-8-12;3*1-9(2)12-8-6-7-10(12)11(3,4)5;1-5-11(6-2)8-7-9-12(11)10(3)4;1-8(2)12-7-5-6-9(12)10(3,4)11;1-8(2)11-7-3-4-10(11)9-5-6-9;1-7(2)13-6-4-3-5-8(13)9(10,11)12;1-8(2)10-7-5-6-9(10,3)4;2*1-7(2)9-6-4-5-8(9)3/h4,6-7,10-11,14H,5,8-9H2,1-3H3;3-5,7-8,11,13H,6,9-10H2,1-2H3;3*9-10H,6-8H2,1-5H3;10H,5-9H2,1-4H3;8-9H,5-7H2,1-4H3;8-10H,3-7H2,1-2H3;7-8H,3-6H2,1-2H3;8H,5-7H2,1-4H3;2*7-8H,4-6H2,1-3H3/t14-;13-;2*10-;;;9-;;8-;;2*8-/m0010..0.0.10/s1. The molecule has 12 aliphatic heterocycles. The van der Waals surface area contributed by atoms with E-state index < -0.39 is 17.9 Å². The Hall–Kier alpha value is -2.32. The average molecular weight is 1990 g/mol. The average Bonchev–Trinajstić information content (AvgIpc) is 1.64. The quantitative estimate of drug-likeness (QED) is 0.134. The van der Waals surface area contributed by atoms with E-state index in [1.165, 1.54) is 236 Å². The number of piperidine rings is 1. The highest BCUT2D eigenvalue weighted by atomic mass is 19.4. The van der Waals surface area contributed by atoms with Crippen molar-refractivity contribution in [2.24, 2.45) is 22.2 Å². The minimum atomic E-state index is -4.05. The van der Waals surface area contributed by atoms with Gasteiger partial charge in [0.1, 0.15) is 11.7 Å². The lowest BCUT2D eigenvalue weighted by atomic mass is 9.85. The van der Waals surface area contributed by atoms with Crippen molar-refractivity contribution in [1.29, 1.82) is 0 Å². The van der Waals surface area contributed by atoms with Crippen LogP contribution in [-0.4, -0.2) is 281 Å². The number of hydrogen-bond donors (Lipinski definition) is 0. The number of likely N-dealkylation sites (tertiary alicyclic amines) is 12. The Bertz CT molecular complexity index is 3360. The van der Waals surface area contributed by atoms with Gasteiger partial charge in [0, 0.05) is 138 Å². The summed E-state index contributed by atoms with van der Waals surface area (Å²) in [4.78, 5) is 30.2. The van der Waals surface area contributed by atoms with Crippen LogP contribution in [0.15, 0.2) is 54.6 Å². The summed E-state index contributed by atoms with van der Waals surface area (Å²) in [5, 5.41) is 0. The maximum Gasteiger partial charge on any atom is 0.404 e. The summed E-state index contributed by atoms with van der Waals surface area (Å²) in [6.45, 7) is 110. The van der Waals surface area contributed by atoms with Crippen LogP contribution >= 0.6 is 0 Å². The van der Waals surface area contributed by atoms with Crippen LogP contribution in [-0.2, 0) is 0 Å². The molecule has 2 aromatic carbocycles. The Morgan fingerprint density at radius 3 is 0.879 bits per heavy atom. The predicted molar refractivity (Wildman–Crippen MR) is 612 cm³/mol. The summed E-state index contributed by atoms with van der Waals surface area (Å²) >= 11 is 0. The van der Waals surface area contributed by atoms with Crippen molar-refractivity contribution in [1.82, 2.24) is 58.8 Å². The van der Waals surface area contributed by atoms with Gasteiger partial charge in [-0.3, -0.25) is 58.8 Å². The molecule has 141 heavy (non-hydrogen) atoms. The third-order valence-corrected chi connectivity index (χ3v) is 34.6.